The van der Waals surface area contributed by atoms with Crippen LogP contribution in [0.3, 0.4) is 0 Å². The highest BCUT2D eigenvalue weighted by molar-refractivity contribution is 7.20. The molecule has 0 radical (unpaired) electrons. The van der Waals surface area contributed by atoms with Crippen LogP contribution in [0.25, 0.3) is 15.9 Å². The van der Waals surface area contributed by atoms with Gasteiger partial charge in [0.2, 0.25) is 0 Å². The molecule has 0 unspecified atom stereocenters. The van der Waals surface area contributed by atoms with Crippen LogP contribution in [-0.2, 0) is 0 Å². The Kier molecular flexibility index (Phi) is 5.04. The Hall–Kier alpha value is -2.18. The Morgan fingerprint density at radius 2 is 2.00 bits per heavy atom. The number of carbonyl (C=O) groups excluding carboxylic acids is 1. The fourth-order valence-corrected chi connectivity index (χ4v) is 4.60. The first-order valence-electron chi connectivity index (χ1n) is 9.27. The van der Waals surface area contributed by atoms with Gasteiger partial charge >= 0.3 is 0 Å². The van der Waals surface area contributed by atoms with Crippen LogP contribution in [0.5, 0.6) is 0 Å². The quantitative estimate of drug-likeness (QED) is 0.676. The van der Waals surface area contributed by atoms with Crippen molar-refractivity contribution in [2.45, 2.75) is 26.2 Å². The number of aromatic nitrogens is 2. The van der Waals surface area contributed by atoms with Gasteiger partial charge in [0.05, 0.1) is 16.3 Å². The first-order valence-corrected chi connectivity index (χ1v) is 10.1. The number of hydrogen-bond acceptors (Lipinski definition) is 4. The molecular weight excluding hydrogens is 344 g/mol. The average Bonchev–Trinajstić information content (AvgIpc) is 3.38. The van der Waals surface area contributed by atoms with Crippen molar-refractivity contribution in [3.8, 4) is 5.69 Å². The Bertz CT molecular complexity index is 893. The molecule has 4 rings (SSSR count). The van der Waals surface area contributed by atoms with Gasteiger partial charge < -0.3 is 10.2 Å². The van der Waals surface area contributed by atoms with Crippen LogP contribution in [0, 0.1) is 6.92 Å². The second kappa shape index (κ2) is 7.60. The van der Waals surface area contributed by atoms with Crippen LogP contribution in [-0.4, -0.2) is 46.8 Å². The summed E-state index contributed by atoms with van der Waals surface area (Å²) in [6.07, 6.45) is 3.63. The lowest BCUT2D eigenvalue weighted by Gasteiger charge is -2.14. The number of fused-ring (bicyclic) bond motifs is 1. The van der Waals surface area contributed by atoms with Crippen molar-refractivity contribution >= 4 is 27.5 Å². The molecule has 26 heavy (non-hydrogen) atoms. The van der Waals surface area contributed by atoms with Crippen LogP contribution in [0.2, 0.25) is 0 Å². The lowest BCUT2D eigenvalue weighted by molar-refractivity contribution is 0.0956. The maximum atomic E-state index is 12.5. The lowest BCUT2D eigenvalue weighted by Crippen LogP contribution is -2.28. The van der Waals surface area contributed by atoms with Crippen LogP contribution in [0.15, 0.2) is 36.4 Å². The number of hydrogen-bond donors (Lipinski definition) is 1. The molecule has 1 aliphatic heterocycles. The predicted octanol–water partition coefficient (Wildman–Crippen LogP) is 3.61. The van der Waals surface area contributed by atoms with E-state index in [0.717, 1.165) is 46.0 Å². The van der Waals surface area contributed by atoms with Crippen molar-refractivity contribution in [1.82, 2.24) is 20.0 Å². The molecule has 0 bridgehead atoms. The van der Waals surface area contributed by atoms with E-state index >= 15 is 0 Å². The number of carbonyl (C=O) groups is 1. The summed E-state index contributed by atoms with van der Waals surface area (Å²) in [6, 6.07) is 12.0. The highest BCUT2D eigenvalue weighted by Gasteiger charge is 2.17. The SMILES string of the molecule is Cc1nn(-c2ccccc2)c2sc(C(=O)NCCCN3CCCC3)cc12. The average molecular weight is 369 g/mol. The van der Waals surface area contributed by atoms with Crippen LogP contribution >= 0.6 is 11.3 Å². The van der Waals surface area contributed by atoms with Gasteiger partial charge in [0.15, 0.2) is 0 Å². The molecule has 1 saturated heterocycles. The number of amides is 1. The van der Waals surface area contributed by atoms with Crippen molar-refractivity contribution in [3.05, 3.63) is 47.0 Å². The largest absolute Gasteiger partial charge is 0.351 e. The summed E-state index contributed by atoms with van der Waals surface area (Å²) in [5.41, 5.74) is 1.97. The van der Waals surface area contributed by atoms with Gasteiger partial charge in [-0.15, -0.1) is 11.3 Å². The topological polar surface area (TPSA) is 50.2 Å². The molecule has 5 nitrogen and oxygen atoms in total. The minimum Gasteiger partial charge on any atom is -0.351 e. The van der Waals surface area contributed by atoms with Gasteiger partial charge in [-0.25, -0.2) is 4.68 Å². The van der Waals surface area contributed by atoms with Crippen molar-refractivity contribution in [3.63, 3.8) is 0 Å². The fourth-order valence-electron chi connectivity index (χ4n) is 3.50. The van der Waals surface area contributed by atoms with E-state index in [-0.39, 0.29) is 5.91 Å². The Morgan fingerprint density at radius 1 is 1.23 bits per heavy atom. The Morgan fingerprint density at radius 3 is 2.77 bits per heavy atom. The third kappa shape index (κ3) is 3.52. The van der Waals surface area contributed by atoms with Crippen LogP contribution in [0.4, 0.5) is 0 Å². The molecule has 0 atom stereocenters. The molecule has 1 amide bonds. The minimum absolute atomic E-state index is 0.0200. The molecule has 0 aliphatic carbocycles. The number of nitrogens with one attached hydrogen (secondary N) is 1. The molecule has 136 valence electrons. The summed E-state index contributed by atoms with van der Waals surface area (Å²) < 4.78 is 1.93. The lowest BCUT2D eigenvalue weighted by atomic mass is 10.3. The molecule has 0 spiro atoms. The predicted molar refractivity (Wildman–Crippen MR) is 106 cm³/mol. The third-order valence-corrected chi connectivity index (χ3v) is 6.01. The van der Waals surface area contributed by atoms with Gasteiger partial charge in [-0.05, 0) is 64.0 Å². The van der Waals surface area contributed by atoms with Gasteiger partial charge in [0.1, 0.15) is 4.83 Å². The summed E-state index contributed by atoms with van der Waals surface area (Å²) >= 11 is 1.51. The highest BCUT2D eigenvalue weighted by atomic mass is 32.1. The summed E-state index contributed by atoms with van der Waals surface area (Å²) in [5, 5.41) is 8.75. The maximum Gasteiger partial charge on any atom is 0.261 e. The summed E-state index contributed by atoms with van der Waals surface area (Å²) in [5.74, 6) is 0.0200. The number of likely N-dealkylation sites (tertiary alicyclic amines) is 1. The van der Waals surface area contributed by atoms with E-state index in [1.807, 2.05) is 48.0 Å². The van der Waals surface area contributed by atoms with Gasteiger partial charge in [0, 0.05) is 11.9 Å². The van der Waals surface area contributed by atoms with E-state index in [0.29, 0.717) is 0 Å². The van der Waals surface area contributed by atoms with Crippen molar-refractivity contribution in [2.75, 3.05) is 26.2 Å². The van der Waals surface area contributed by atoms with E-state index < -0.39 is 0 Å². The first-order chi connectivity index (χ1) is 12.7. The Balaban J connectivity index is 1.44. The van der Waals surface area contributed by atoms with Gasteiger partial charge in [-0.1, -0.05) is 18.2 Å². The highest BCUT2D eigenvalue weighted by Crippen LogP contribution is 2.30. The van der Waals surface area contributed by atoms with E-state index in [1.54, 1.807) is 0 Å². The number of aryl methyl sites for hydroxylation is 1. The number of benzene rings is 1. The molecule has 1 aliphatic rings. The van der Waals surface area contributed by atoms with Gasteiger partial charge in [0.25, 0.3) is 5.91 Å². The van der Waals surface area contributed by atoms with E-state index in [1.165, 1.54) is 37.3 Å². The summed E-state index contributed by atoms with van der Waals surface area (Å²) in [4.78, 5) is 16.8. The number of nitrogens with zero attached hydrogens (tertiary/aromatic N) is 3. The fraction of sp³-hybridized carbons (Fsp3) is 0.400. The molecule has 2 aromatic heterocycles. The molecule has 6 heteroatoms. The molecule has 3 aromatic rings. The third-order valence-electron chi connectivity index (χ3n) is 4.90. The van der Waals surface area contributed by atoms with Crippen molar-refractivity contribution in [1.29, 1.82) is 0 Å². The monoisotopic (exact) mass is 368 g/mol. The normalized spacial score (nSPS) is 15.0. The van der Waals surface area contributed by atoms with Crippen LogP contribution < -0.4 is 5.32 Å². The standard InChI is InChI=1S/C20H24N4OS/c1-15-17-14-18(19(25)21-10-7-13-23-11-5-6-12-23)26-20(17)24(22-15)16-8-3-2-4-9-16/h2-4,8-9,14H,5-7,10-13H2,1H3,(H,21,25). The summed E-state index contributed by atoms with van der Waals surface area (Å²) in [7, 11) is 0. The van der Waals surface area contributed by atoms with E-state index in [9.17, 15) is 4.79 Å². The first kappa shape index (κ1) is 17.2. The number of rotatable bonds is 6. The number of thiophene rings is 1. The van der Waals surface area contributed by atoms with Crippen LogP contribution in [0.1, 0.15) is 34.6 Å². The summed E-state index contributed by atoms with van der Waals surface area (Å²) in [6.45, 7) is 6.22. The van der Waals surface area contributed by atoms with Crippen molar-refractivity contribution in [2.24, 2.45) is 0 Å². The zero-order valence-corrected chi connectivity index (χ0v) is 15.9. The van der Waals surface area contributed by atoms with E-state index in [2.05, 4.69) is 15.3 Å². The zero-order chi connectivity index (χ0) is 17.9. The molecule has 3 heterocycles. The second-order valence-corrected chi connectivity index (χ2v) is 7.85. The molecule has 1 N–H and O–H groups in total. The molecule has 1 fully saturated rings. The van der Waals surface area contributed by atoms with Gasteiger partial charge in [-0.2, -0.15) is 5.10 Å². The van der Waals surface area contributed by atoms with Gasteiger partial charge in [-0.3, -0.25) is 4.79 Å². The molecule has 0 saturated carbocycles. The van der Waals surface area contributed by atoms with E-state index in [4.69, 9.17) is 0 Å². The second-order valence-electron chi connectivity index (χ2n) is 6.82. The zero-order valence-electron chi connectivity index (χ0n) is 15.1. The smallest absolute Gasteiger partial charge is 0.261 e. The minimum atomic E-state index is 0.0200. The van der Waals surface area contributed by atoms with Crippen molar-refractivity contribution < 1.29 is 4.79 Å². The Labute approximate surface area is 157 Å². The molecule has 1 aromatic carbocycles. The maximum absolute atomic E-state index is 12.5. The molecular formula is C20H24N4OS. The number of para-hydroxylation sites is 1.